The zero-order chi connectivity index (χ0) is 43.2. The molecular weight excluding hydrogens is 733 g/mol. The van der Waals surface area contributed by atoms with Crippen LogP contribution in [0.5, 0.6) is 0 Å². The van der Waals surface area contributed by atoms with Crippen molar-refractivity contribution < 1.29 is 14.2 Å². The van der Waals surface area contributed by atoms with E-state index in [0.29, 0.717) is 13.2 Å². The Morgan fingerprint density at radius 3 is 0.817 bits per heavy atom. The Balaban J connectivity index is 4.17. The Labute approximate surface area is 374 Å². The third-order valence-corrected chi connectivity index (χ3v) is 10.5. The first-order valence-electron chi connectivity index (χ1n) is 25.6. The predicted molar refractivity (Wildman–Crippen MR) is 269 cm³/mol. The predicted octanol–water partition coefficient (Wildman–Crippen LogP) is 18.2. The smallest absolute Gasteiger partial charge is 0.104 e. The van der Waals surface area contributed by atoms with Crippen LogP contribution in [-0.4, -0.2) is 39.1 Å². The van der Waals surface area contributed by atoms with Crippen LogP contribution < -0.4 is 0 Å². The van der Waals surface area contributed by atoms with Gasteiger partial charge in [-0.25, -0.2) is 0 Å². The van der Waals surface area contributed by atoms with Gasteiger partial charge in [0.25, 0.3) is 0 Å². The van der Waals surface area contributed by atoms with E-state index in [0.717, 1.165) is 39.1 Å². The average Bonchev–Trinajstić information content (AvgIpc) is 3.26. The van der Waals surface area contributed by atoms with Crippen molar-refractivity contribution in [3.05, 3.63) is 109 Å². The summed E-state index contributed by atoms with van der Waals surface area (Å²) in [6, 6.07) is 0. The van der Waals surface area contributed by atoms with Gasteiger partial charge in [-0.05, 0) is 77.0 Å². The molecule has 0 aromatic heterocycles. The van der Waals surface area contributed by atoms with E-state index in [9.17, 15) is 0 Å². The second kappa shape index (κ2) is 54.6. The number of ether oxygens (including phenoxy) is 3. The van der Waals surface area contributed by atoms with E-state index in [2.05, 4.69) is 130 Å². The summed E-state index contributed by atoms with van der Waals surface area (Å²) >= 11 is 0. The van der Waals surface area contributed by atoms with Crippen molar-refractivity contribution in [2.45, 2.75) is 219 Å². The number of allylic oxidation sites excluding steroid dienone is 18. The average molecular weight is 831 g/mol. The van der Waals surface area contributed by atoms with E-state index in [4.69, 9.17) is 14.2 Å². The van der Waals surface area contributed by atoms with Gasteiger partial charge < -0.3 is 14.2 Å². The second-order valence-corrected chi connectivity index (χ2v) is 16.5. The molecule has 0 bridgehead atoms. The van der Waals surface area contributed by atoms with E-state index in [-0.39, 0.29) is 6.10 Å². The molecule has 0 aromatic carbocycles. The summed E-state index contributed by atoms with van der Waals surface area (Å²) in [4.78, 5) is 0. The maximum Gasteiger partial charge on any atom is 0.104 e. The third kappa shape index (κ3) is 51.7. The zero-order valence-electron chi connectivity index (χ0n) is 39.9. The van der Waals surface area contributed by atoms with Gasteiger partial charge >= 0.3 is 0 Å². The Kier molecular flexibility index (Phi) is 52.3. The summed E-state index contributed by atoms with van der Waals surface area (Å²) in [6.45, 7) is 10.5. The molecule has 0 rings (SSSR count). The van der Waals surface area contributed by atoms with Crippen LogP contribution in [0.2, 0.25) is 0 Å². The van der Waals surface area contributed by atoms with Gasteiger partial charge in [-0.15, -0.1) is 0 Å². The molecule has 0 fully saturated rings. The Hall–Kier alpha value is -2.46. The van der Waals surface area contributed by atoms with Crippen LogP contribution in [0.25, 0.3) is 0 Å². The highest BCUT2D eigenvalue weighted by Crippen LogP contribution is 2.12. The first kappa shape index (κ1) is 57.5. The van der Waals surface area contributed by atoms with Crippen molar-refractivity contribution in [2.24, 2.45) is 0 Å². The Morgan fingerprint density at radius 1 is 0.267 bits per heavy atom. The number of unbranched alkanes of at least 4 members (excludes halogenated alkanes) is 24. The summed E-state index contributed by atoms with van der Waals surface area (Å²) in [5.41, 5.74) is 0. The lowest BCUT2D eigenvalue weighted by molar-refractivity contribution is -0.0616. The fourth-order valence-corrected chi connectivity index (χ4v) is 6.64. The van der Waals surface area contributed by atoms with Gasteiger partial charge in [0.1, 0.15) is 6.10 Å². The van der Waals surface area contributed by atoms with Crippen LogP contribution in [0.3, 0.4) is 0 Å². The van der Waals surface area contributed by atoms with Gasteiger partial charge in [-0.1, -0.05) is 246 Å². The normalized spacial score (nSPS) is 13.0. The van der Waals surface area contributed by atoms with E-state index in [1.165, 1.54) is 173 Å². The molecule has 0 heterocycles. The molecule has 0 aliphatic rings. The zero-order valence-corrected chi connectivity index (χ0v) is 39.9. The summed E-state index contributed by atoms with van der Waals surface area (Å²) in [5.74, 6) is 0. The standard InChI is InChI=1S/C57H98O3/c1-4-7-10-13-16-19-22-25-28-31-34-37-40-43-46-49-52-58-55-57(60-54-51-48-45-42-39-36-33-30-27-24-21-18-15-12-9-6-3)56-59-53-50-47-44-41-38-35-32-29-26-23-20-17-14-11-8-5-2/h13-30,57H,4-12,31-56H2,1-3H3/b16-13-,17-14-,18-15-,22-19+,23-20+,24-21+,28-25-,29-26-,30-27-. The molecular formula is C57H98O3. The maximum absolute atomic E-state index is 6.33. The molecule has 0 saturated heterocycles. The van der Waals surface area contributed by atoms with Crippen molar-refractivity contribution >= 4 is 0 Å². The lowest BCUT2D eigenvalue weighted by atomic mass is 10.1. The fraction of sp³-hybridized carbons (Fsp3) is 0.684. The lowest BCUT2D eigenvalue weighted by Gasteiger charge is -2.18. The third-order valence-electron chi connectivity index (χ3n) is 10.5. The SMILES string of the molecule is CCCC\C=C/C=C/C=C\CCCCCCCCOCC(COCCCCCCCC\C=C/C=C/C=C\CCCC)OCCCCCCCC\C=C/C=C/C=C\CCCC. The van der Waals surface area contributed by atoms with E-state index in [1.54, 1.807) is 0 Å². The lowest BCUT2D eigenvalue weighted by Crippen LogP contribution is -2.26. The minimum atomic E-state index is 0.0395. The minimum Gasteiger partial charge on any atom is -0.379 e. The molecule has 0 radical (unpaired) electrons. The van der Waals surface area contributed by atoms with Crippen molar-refractivity contribution in [2.75, 3.05) is 33.0 Å². The van der Waals surface area contributed by atoms with Gasteiger partial charge in [0.15, 0.2) is 0 Å². The largest absolute Gasteiger partial charge is 0.379 e. The van der Waals surface area contributed by atoms with Crippen molar-refractivity contribution in [1.29, 1.82) is 0 Å². The van der Waals surface area contributed by atoms with Crippen LogP contribution in [0.15, 0.2) is 109 Å². The molecule has 0 aliphatic carbocycles. The van der Waals surface area contributed by atoms with Crippen LogP contribution in [0.1, 0.15) is 213 Å². The molecule has 3 nitrogen and oxygen atoms in total. The van der Waals surface area contributed by atoms with Crippen LogP contribution in [0.4, 0.5) is 0 Å². The maximum atomic E-state index is 6.33. The van der Waals surface area contributed by atoms with Crippen molar-refractivity contribution in [1.82, 2.24) is 0 Å². The van der Waals surface area contributed by atoms with Crippen LogP contribution in [0, 0.1) is 0 Å². The summed E-state index contributed by atoms with van der Waals surface area (Å²) in [6.07, 6.45) is 77.3. The van der Waals surface area contributed by atoms with Crippen molar-refractivity contribution in [3.8, 4) is 0 Å². The molecule has 0 unspecified atom stereocenters. The summed E-state index contributed by atoms with van der Waals surface area (Å²) < 4.78 is 18.6. The Morgan fingerprint density at radius 2 is 0.517 bits per heavy atom. The molecule has 0 N–H and O–H groups in total. The van der Waals surface area contributed by atoms with E-state index >= 15 is 0 Å². The number of hydrogen-bond donors (Lipinski definition) is 0. The molecule has 0 aromatic rings. The minimum absolute atomic E-state index is 0.0395. The van der Waals surface area contributed by atoms with Gasteiger partial charge in [0.05, 0.1) is 13.2 Å². The molecule has 3 heteroatoms. The first-order valence-corrected chi connectivity index (χ1v) is 25.6. The highest BCUT2D eigenvalue weighted by atomic mass is 16.6. The van der Waals surface area contributed by atoms with E-state index in [1.807, 2.05) is 0 Å². The van der Waals surface area contributed by atoms with E-state index < -0.39 is 0 Å². The van der Waals surface area contributed by atoms with Crippen molar-refractivity contribution in [3.63, 3.8) is 0 Å². The van der Waals surface area contributed by atoms with Crippen LogP contribution in [-0.2, 0) is 14.2 Å². The van der Waals surface area contributed by atoms with Crippen LogP contribution >= 0.6 is 0 Å². The second-order valence-electron chi connectivity index (χ2n) is 16.5. The molecule has 0 aliphatic heterocycles. The van der Waals surface area contributed by atoms with Gasteiger partial charge in [0.2, 0.25) is 0 Å². The molecule has 0 amide bonds. The molecule has 0 saturated carbocycles. The van der Waals surface area contributed by atoms with Gasteiger partial charge in [-0.3, -0.25) is 0 Å². The highest BCUT2D eigenvalue weighted by Gasteiger charge is 2.10. The quantitative estimate of drug-likeness (QED) is 0.0452. The Bertz CT molecular complexity index is 1030. The number of rotatable bonds is 47. The summed E-state index contributed by atoms with van der Waals surface area (Å²) in [5, 5.41) is 0. The molecule has 344 valence electrons. The summed E-state index contributed by atoms with van der Waals surface area (Å²) in [7, 11) is 0. The molecule has 60 heavy (non-hydrogen) atoms. The molecule has 0 spiro atoms. The van der Waals surface area contributed by atoms with Gasteiger partial charge in [-0.2, -0.15) is 0 Å². The monoisotopic (exact) mass is 831 g/mol. The first-order chi connectivity index (χ1) is 29.8. The highest BCUT2D eigenvalue weighted by molar-refractivity contribution is 5.12. The number of hydrogen-bond acceptors (Lipinski definition) is 3. The van der Waals surface area contributed by atoms with Gasteiger partial charge in [0, 0.05) is 19.8 Å². The molecule has 0 atom stereocenters. The fourth-order valence-electron chi connectivity index (χ4n) is 6.64. The topological polar surface area (TPSA) is 27.7 Å².